The van der Waals surface area contributed by atoms with Crippen LogP contribution in [0.2, 0.25) is 0 Å². The maximum atomic E-state index is 12.7. The maximum absolute atomic E-state index is 12.7. The molecular weight excluding hydrogens is 454 g/mol. The Morgan fingerprint density at radius 3 is 2.56 bits per heavy atom. The van der Waals surface area contributed by atoms with E-state index in [9.17, 15) is 13.2 Å². The summed E-state index contributed by atoms with van der Waals surface area (Å²) in [5.41, 5.74) is 7.12. The van der Waals surface area contributed by atoms with Gasteiger partial charge in [0.25, 0.3) is 5.91 Å². The smallest absolute Gasteiger partial charge is 0.279 e. The number of para-hydroxylation sites is 1. The third-order valence-electron chi connectivity index (χ3n) is 3.89. The first kappa shape index (κ1) is 19.4. The van der Waals surface area contributed by atoms with E-state index in [0.29, 0.717) is 11.3 Å². The Morgan fingerprint density at radius 1 is 1.26 bits per heavy atom. The van der Waals surface area contributed by atoms with Gasteiger partial charge in [-0.1, -0.05) is 28.1 Å². The number of hydrogen-bond donors (Lipinski definition) is 2. The van der Waals surface area contributed by atoms with Crippen molar-refractivity contribution in [3.8, 4) is 0 Å². The van der Waals surface area contributed by atoms with Gasteiger partial charge < -0.3 is 10.6 Å². The second kappa shape index (κ2) is 7.00. The molecule has 2 aromatic carbocycles. The number of hydrogen-bond acceptors (Lipinski definition) is 5. The molecule has 0 spiro atoms. The highest BCUT2D eigenvalue weighted by atomic mass is 79.9. The Bertz CT molecular complexity index is 1100. The van der Waals surface area contributed by atoms with Crippen molar-refractivity contribution in [2.45, 2.75) is 4.90 Å². The Labute approximate surface area is 169 Å². The summed E-state index contributed by atoms with van der Waals surface area (Å²) in [7, 11) is -2.45. The molecule has 0 aliphatic carbocycles. The fourth-order valence-electron chi connectivity index (χ4n) is 2.66. The number of amides is 1. The molecule has 0 aromatic heterocycles. The first-order valence-corrected chi connectivity index (χ1v) is 10.2. The summed E-state index contributed by atoms with van der Waals surface area (Å²) < 4.78 is 24.6. The van der Waals surface area contributed by atoms with Crippen LogP contribution in [0.1, 0.15) is 5.56 Å². The van der Waals surface area contributed by atoms with E-state index >= 15 is 0 Å². The number of likely N-dealkylation sites (N-methyl/N-ethyl adjacent to an activating group) is 1. The number of sulfonamides is 1. The molecule has 140 valence electrons. The van der Waals surface area contributed by atoms with Crippen molar-refractivity contribution in [1.29, 1.82) is 0 Å². The first-order valence-electron chi connectivity index (χ1n) is 7.49. The van der Waals surface area contributed by atoms with Crippen LogP contribution in [0.4, 0.5) is 11.4 Å². The third-order valence-corrected chi connectivity index (χ3v) is 5.52. The van der Waals surface area contributed by atoms with Crippen LogP contribution >= 0.6 is 28.1 Å². The third kappa shape index (κ3) is 3.58. The number of anilines is 2. The monoisotopic (exact) mass is 467 g/mol. The minimum absolute atomic E-state index is 0.0565. The van der Waals surface area contributed by atoms with E-state index in [1.165, 1.54) is 23.1 Å². The van der Waals surface area contributed by atoms with Crippen LogP contribution in [0.25, 0.3) is 0 Å². The SMILES string of the molecule is CN1C(=O)/C(=N\N(C(N)=S)c2ccccc2S(N)(=O)=O)c2ccc(Br)cc21. The maximum Gasteiger partial charge on any atom is 0.279 e. The number of fused-ring (bicyclic) bond motifs is 1. The van der Waals surface area contributed by atoms with Crippen molar-refractivity contribution in [3.05, 3.63) is 52.5 Å². The summed E-state index contributed by atoms with van der Waals surface area (Å²) in [6, 6.07) is 11.1. The molecule has 0 fully saturated rings. The van der Waals surface area contributed by atoms with Gasteiger partial charge in [0.15, 0.2) is 10.8 Å². The van der Waals surface area contributed by atoms with Gasteiger partial charge in [-0.2, -0.15) is 5.10 Å². The molecule has 0 atom stereocenters. The molecule has 3 rings (SSSR count). The second-order valence-electron chi connectivity index (χ2n) is 5.64. The molecule has 4 N–H and O–H groups in total. The Morgan fingerprint density at radius 2 is 1.93 bits per heavy atom. The van der Waals surface area contributed by atoms with E-state index in [4.69, 9.17) is 23.1 Å². The van der Waals surface area contributed by atoms with Crippen LogP contribution in [0.3, 0.4) is 0 Å². The summed E-state index contributed by atoms with van der Waals surface area (Å²) in [5, 5.41) is 10.3. The molecule has 1 amide bonds. The zero-order valence-electron chi connectivity index (χ0n) is 14.0. The van der Waals surface area contributed by atoms with Crippen LogP contribution in [0.5, 0.6) is 0 Å². The van der Waals surface area contributed by atoms with Crippen molar-refractivity contribution >= 4 is 66.3 Å². The summed E-state index contributed by atoms with van der Waals surface area (Å²) in [6.07, 6.45) is 0. The highest BCUT2D eigenvalue weighted by Gasteiger charge is 2.33. The summed E-state index contributed by atoms with van der Waals surface area (Å²) >= 11 is 8.40. The van der Waals surface area contributed by atoms with E-state index in [1.54, 1.807) is 31.3 Å². The molecule has 0 bridgehead atoms. The highest BCUT2D eigenvalue weighted by Crippen LogP contribution is 2.32. The molecule has 1 aliphatic rings. The van der Waals surface area contributed by atoms with Gasteiger partial charge in [0.1, 0.15) is 4.90 Å². The Kier molecular flexibility index (Phi) is 5.04. The lowest BCUT2D eigenvalue weighted by Gasteiger charge is -2.20. The lowest BCUT2D eigenvalue weighted by molar-refractivity contribution is -0.111. The number of carbonyl (C=O) groups is 1. The van der Waals surface area contributed by atoms with Gasteiger partial charge in [-0.3, -0.25) is 4.79 Å². The van der Waals surface area contributed by atoms with Crippen molar-refractivity contribution in [1.82, 2.24) is 0 Å². The fourth-order valence-corrected chi connectivity index (χ4v) is 3.86. The van der Waals surface area contributed by atoms with Gasteiger partial charge >= 0.3 is 0 Å². The molecule has 0 unspecified atom stereocenters. The lowest BCUT2D eigenvalue weighted by atomic mass is 10.1. The fraction of sp³-hybridized carbons (Fsp3) is 0.0625. The number of carbonyl (C=O) groups excluding carboxylic acids is 1. The summed E-state index contributed by atoms with van der Waals surface area (Å²) in [4.78, 5) is 13.9. The Hall–Kier alpha value is -2.34. The zero-order chi connectivity index (χ0) is 19.9. The number of hydrazone groups is 1. The van der Waals surface area contributed by atoms with E-state index in [-0.39, 0.29) is 27.3 Å². The predicted octanol–water partition coefficient (Wildman–Crippen LogP) is 1.53. The van der Waals surface area contributed by atoms with Gasteiger partial charge in [0, 0.05) is 17.1 Å². The predicted molar refractivity (Wildman–Crippen MR) is 111 cm³/mol. The zero-order valence-corrected chi connectivity index (χ0v) is 17.2. The summed E-state index contributed by atoms with van der Waals surface area (Å²) in [6.45, 7) is 0. The van der Waals surface area contributed by atoms with Crippen molar-refractivity contribution in [2.75, 3.05) is 17.0 Å². The average Bonchev–Trinajstić information content (AvgIpc) is 2.82. The van der Waals surface area contributed by atoms with E-state index in [0.717, 1.165) is 9.48 Å². The second-order valence-corrected chi connectivity index (χ2v) is 8.50. The van der Waals surface area contributed by atoms with Crippen molar-refractivity contribution in [2.24, 2.45) is 16.0 Å². The van der Waals surface area contributed by atoms with Crippen LogP contribution in [0, 0.1) is 0 Å². The molecule has 27 heavy (non-hydrogen) atoms. The molecule has 1 heterocycles. The van der Waals surface area contributed by atoms with Gasteiger partial charge in [-0.15, -0.1) is 0 Å². The van der Waals surface area contributed by atoms with Crippen LogP contribution in [-0.4, -0.2) is 32.2 Å². The van der Waals surface area contributed by atoms with E-state index < -0.39 is 10.0 Å². The van der Waals surface area contributed by atoms with Gasteiger partial charge in [-0.25, -0.2) is 18.6 Å². The van der Waals surface area contributed by atoms with Crippen molar-refractivity contribution in [3.63, 3.8) is 0 Å². The number of benzene rings is 2. The minimum atomic E-state index is -4.06. The minimum Gasteiger partial charge on any atom is -0.374 e. The van der Waals surface area contributed by atoms with Gasteiger partial charge in [0.2, 0.25) is 10.0 Å². The Balaban J connectivity index is 2.21. The van der Waals surface area contributed by atoms with Gasteiger partial charge in [-0.05, 0) is 42.5 Å². The molecule has 11 heteroatoms. The number of nitrogens with two attached hydrogens (primary N) is 2. The number of rotatable bonds is 3. The first-order chi connectivity index (χ1) is 12.6. The van der Waals surface area contributed by atoms with E-state index in [2.05, 4.69) is 21.0 Å². The molecule has 1 aliphatic heterocycles. The van der Waals surface area contributed by atoms with Crippen LogP contribution < -0.4 is 20.8 Å². The molecule has 0 radical (unpaired) electrons. The standard InChI is InChI=1S/C16H14BrN5O3S2/c1-21-12-8-9(17)6-7-10(12)14(15(21)23)20-22(16(18)26)11-4-2-3-5-13(11)27(19,24)25/h2-8H,1H3,(H2,18,26)(H2,19,24,25)/b20-14-. The number of thiocarbonyl (C=S) groups is 1. The summed E-state index contributed by atoms with van der Waals surface area (Å²) in [5.74, 6) is -0.377. The van der Waals surface area contributed by atoms with E-state index in [1.807, 2.05) is 0 Å². The topological polar surface area (TPSA) is 122 Å². The van der Waals surface area contributed by atoms with Crippen LogP contribution in [0.15, 0.2) is 56.9 Å². The average molecular weight is 468 g/mol. The number of primary sulfonamides is 1. The molecule has 8 nitrogen and oxygen atoms in total. The highest BCUT2D eigenvalue weighted by molar-refractivity contribution is 9.10. The number of halogens is 1. The van der Waals surface area contributed by atoms with Gasteiger partial charge in [0.05, 0.1) is 11.4 Å². The van der Waals surface area contributed by atoms with Crippen LogP contribution in [-0.2, 0) is 14.8 Å². The lowest BCUT2D eigenvalue weighted by Crippen LogP contribution is -2.35. The molecule has 0 saturated carbocycles. The quantitative estimate of drug-likeness (QED) is 0.521. The molecular formula is C16H14BrN5O3S2. The molecule has 0 saturated heterocycles. The largest absolute Gasteiger partial charge is 0.374 e. The molecule has 2 aromatic rings. The normalized spacial score (nSPS) is 15.1. The van der Waals surface area contributed by atoms with Crippen molar-refractivity contribution < 1.29 is 13.2 Å². The number of nitrogens with zero attached hydrogens (tertiary/aromatic N) is 3.